The van der Waals surface area contributed by atoms with Gasteiger partial charge in [0.05, 0.1) is 6.10 Å². The van der Waals surface area contributed by atoms with Crippen LogP contribution in [0.2, 0.25) is 0 Å². The van der Waals surface area contributed by atoms with Crippen molar-refractivity contribution >= 4 is 28.9 Å². The maximum Gasteiger partial charge on any atom is 0.226 e. The first-order chi connectivity index (χ1) is 12.4. The predicted molar refractivity (Wildman–Crippen MR) is 105 cm³/mol. The normalized spacial score (nSPS) is 10.3. The van der Waals surface area contributed by atoms with Gasteiger partial charge >= 0.3 is 0 Å². The van der Waals surface area contributed by atoms with Gasteiger partial charge in [-0.1, -0.05) is 0 Å². The Bertz CT molecular complexity index is 725. The molecule has 138 valence electrons. The van der Waals surface area contributed by atoms with E-state index in [2.05, 4.69) is 16.0 Å². The van der Waals surface area contributed by atoms with Crippen molar-refractivity contribution in [3.8, 4) is 5.75 Å². The number of amides is 2. The average molecular weight is 355 g/mol. The van der Waals surface area contributed by atoms with E-state index in [9.17, 15) is 9.59 Å². The average Bonchev–Trinajstić information content (AvgIpc) is 2.57. The van der Waals surface area contributed by atoms with Crippen molar-refractivity contribution in [2.24, 2.45) is 0 Å². The fourth-order valence-electron chi connectivity index (χ4n) is 2.31. The van der Waals surface area contributed by atoms with Gasteiger partial charge in [-0.3, -0.25) is 9.59 Å². The van der Waals surface area contributed by atoms with E-state index in [1.165, 1.54) is 6.92 Å². The molecule has 0 saturated heterocycles. The minimum Gasteiger partial charge on any atom is -0.491 e. The maximum atomic E-state index is 12.0. The molecule has 0 radical (unpaired) electrons. The summed E-state index contributed by atoms with van der Waals surface area (Å²) in [6.07, 6.45) is 0.488. The fraction of sp³-hybridized carbons (Fsp3) is 0.300. The van der Waals surface area contributed by atoms with E-state index < -0.39 is 0 Å². The lowest BCUT2D eigenvalue weighted by atomic mass is 10.2. The number of nitrogens with one attached hydrogen (secondary N) is 3. The first kappa shape index (κ1) is 19.3. The summed E-state index contributed by atoms with van der Waals surface area (Å²) in [5.41, 5.74) is 2.33. The van der Waals surface area contributed by atoms with E-state index in [1.807, 2.05) is 38.1 Å². The quantitative estimate of drug-likeness (QED) is 0.671. The zero-order chi connectivity index (χ0) is 18.9. The molecule has 0 aliphatic heterocycles. The number of ether oxygens (including phenoxy) is 1. The number of rotatable bonds is 8. The molecule has 2 aromatic carbocycles. The smallest absolute Gasteiger partial charge is 0.226 e. The highest BCUT2D eigenvalue weighted by Crippen LogP contribution is 2.17. The fourth-order valence-corrected chi connectivity index (χ4v) is 2.31. The van der Waals surface area contributed by atoms with Gasteiger partial charge in [-0.15, -0.1) is 0 Å². The monoisotopic (exact) mass is 355 g/mol. The Kier molecular flexibility index (Phi) is 7.02. The molecule has 0 aliphatic rings. The molecule has 0 unspecified atom stereocenters. The maximum absolute atomic E-state index is 12.0. The molecule has 3 N–H and O–H groups in total. The zero-order valence-electron chi connectivity index (χ0n) is 15.3. The van der Waals surface area contributed by atoms with Gasteiger partial charge in [0.1, 0.15) is 5.75 Å². The van der Waals surface area contributed by atoms with Crippen LogP contribution in [0.15, 0.2) is 48.5 Å². The van der Waals surface area contributed by atoms with Crippen molar-refractivity contribution in [2.75, 3.05) is 22.5 Å². The molecular weight excluding hydrogens is 330 g/mol. The Morgan fingerprint density at radius 2 is 1.42 bits per heavy atom. The van der Waals surface area contributed by atoms with Crippen LogP contribution in [-0.4, -0.2) is 24.5 Å². The van der Waals surface area contributed by atoms with Crippen LogP contribution in [0.4, 0.5) is 17.1 Å². The molecule has 0 atom stereocenters. The number of carbonyl (C=O) groups is 2. The summed E-state index contributed by atoms with van der Waals surface area (Å²) in [7, 11) is 0. The minimum absolute atomic E-state index is 0.0791. The molecule has 0 heterocycles. The van der Waals surface area contributed by atoms with E-state index in [0.717, 1.165) is 11.4 Å². The van der Waals surface area contributed by atoms with Gasteiger partial charge < -0.3 is 20.7 Å². The predicted octanol–water partition coefficient (Wildman–Crippen LogP) is 3.87. The molecule has 0 aliphatic carbocycles. The van der Waals surface area contributed by atoms with Gasteiger partial charge in [-0.05, 0) is 62.4 Å². The van der Waals surface area contributed by atoms with E-state index in [-0.39, 0.29) is 17.9 Å². The summed E-state index contributed by atoms with van der Waals surface area (Å²) in [5.74, 6) is 0.618. The Hall–Kier alpha value is -3.02. The van der Waals surface area contributed by atoms with Crippen molar-refractivity contribution in [3.05, 3.63) is 48.5 Å². The van der Waals surface area contributed by atoms with Crippen LogP contribution in [0.1, 0.15) is 27.2 Å². The third kappa shape index (κ3) is 6.84. The minimum atomic E-state index is -0.128. The van der Waals surface area contributed by atoms with Gasteiger partial charge in [-0.2, -0.15) is 0 Å². The second-order valence-electron chi connectivity index (χ2n) is 6.17. The molecule has 6 heteroatoms. The molecule has 0 fully saturated rings. The first-order valence-electron chi connectivity index (χ1n) is 8.60. The summed E-state index contributed by atoms with van der Waals surface area (Å²) in [4.78, 5) is 23.0. The zero-order valence-corrected chi connectivity index (χ0v) is 15.3. The summed E-state index contributed by atoms with van der Waals surface area (Å²) >= 11 is 0. The molecular formula is C20H25N3O3. The summed E-state index contributed by atoms with van der Waals surface area (Å²) in [5, 5.41) is 8.72. The number of hydrogen-bond donors (Lipinski definition) is 3. The SMILES string of the molecule is CC(=O)Nc1ccc(NC(=O)CCNc2ccc(OC(C)C)cc2)cc1. The Labute approximate surface area is 153 Å². The highest BCUT2D eigenvalue weighted by Gasteiger charge is 2.03. The van der Waals surface area contributed by atoms with E-state index >= 15 is 0 Å². The van der Waals surface area contributed by atoms with Crippen LogP contribution in [0.25, 0.3) is 0 Å². The highest BCUT2D eigenvalue weighted by atomic mass is 16.5. The largest absolute Gasteiger partial charge is 0.491 e. The van der Waals surface area contributed by atoms with Crippen LogP contribution >= 0.6 is 0 Å². The molecule has 2 aromatic rings. The third-order valence-corrected chi connectivity index (χ3v) is 3.40. The van der Waals surface area contributed by atoms with Crippen molar-refractivity contribution in [1.29, 1.82) is 0 Å². The summed E-state index contributed by atoms with van der Waals surface area (Å²) in [6.45, 7) is 5.95. The Morgan fingerprint density at radius 3 is 1.96 bits per heavy atom. The van der Waals surface area contributed by atoms with Gasteiger partial charge in [0.2, 0.25) is 11.8 Å². The topological polar surface area (TPSA) is 79.5 Å². The van der Waals surface area contributed by atoms with Crippen LogP contribution in [-0.2, 0) is 9.59 Å². The summed E-state index contributed by atoms with van der Waals surface area (Å²) in [6, 6.07) is 14.7. The van der Waals surface area contributed by atoms with E-state index in [1.54, 1.807) is 24.3 Å². The van der Waals surface area contributed by atoms with Crippen molar-refractivity contribution in [3.63, 3.8) is 0 Å². The molecule has 0 spiro atoms. The number of anilines is 3. The lowest BCUT2D eigenvalue weighted by molar-refractivity contribution is -0.116. The molecule has 6 nitrogen and oxygen atoms in total. The number of benzene rings is 2. The van der Waals surface area contributed by atoms with Gasteiger partial charge in [0.25, 0.3) is 0 Å². The van der Waals surface area contributed by atoms with Gasteiger partial charge in [-0.25, -0.2) is 0 Å². The second-order valence-corrected chi connectivity index (χ2v) is 6.17. The van der Waals surface area contributed by atoms with Crippen LogP contribution in [0, 0.1) is 0 Å². The van der Waals surface area contributed by atoms with Crippen LogP contribution in [0.5, 0.6) is 5.75 Å². The molecule has 2 rings (SSSR count). The molecule has 0 aromatic heterocycles. The summed E-state index contributed by atoms with van der Waals surface area (Å²) < 4.78 is 5.59. The van der Waals surface area contributed by atoms with Crippen LogP contribution < -0.4 is 20.7 Å². The van der Waals surface area contributed by atoms with Crippen molar-refractivity contribution in [1.82, 2.24) is 0 Å². The molecule has 0 bridgehead atoms. The van der Waals surface area contributed by atoms with Gasteiger partial charge in [0.15, 0.2) is 0 Å². The molecule has 2 amide bonds. The standard InChI is InChI=1S/C20H25N3O3/c1-14(2)26-19-10-8-16(9-11-19)21-13-12-20(25)23-18-6-4-17(5-7-18)22-15(3)24/h4-11,14,21H,12-13H2,1-3H3,(H,22,24)(H,23,25). The second kappa shape index (κ2) is 9.46. The van der Waals surface area contributed by atoms with Crippen molar-refractivity contribution in [2.45, 2.75) is 33.3 Å². The Balaban J connectivity index is 1.74. The van der Waals surface area contributed by atoms with E-state index in [0.29, 0.717) is 24.3 Å². The molecule has 0 saturated carbocycles. The van der Waals surface area contributed by atoms with Crippen molar-refractivity contribution < 1.29 is 14.3 Å². The lowest BCUT2D eigenvalue weighted by Gasteiger charge is -2.11. The third-order valence-electron chi connectivity index (χ3n) is 3.40. The number of carbonyl (C=O) groups excluding carboxylic acids is 2. The van der Waals surface area contributed by atoms with E-state index in [4.69, 9.17) is 4.74 Å². The van der Waals surface area contributed by atoms with Gasteiger partial charge in [0, 0.05) is 37.0 Å². The molecule has 26 heavy (non-hydrogen) atoms. The lowest BCUT2D eigenvalue weighted by Crippen LogP contribution is -2.16. The Morgan fingerprint density at radius 1 is 0.885 bits per heavy atom. The van der Waals surface area contributed by atoms with Crippen LogP contribution in [0.3, 0.4) is 0 Å². The first-order valence-corrected chi connectivity index (χ1v) is 8.60. The number of hydrogen-bond acceptors (Lipinski definition) is 4. The highest BCUT2D eigenvalue weighted by molar-refractivity contribution is 5.92.